The van der Waals surface area contributed by atoms with Crippen molar-refractivity contribution in [3.05, 3.63) is 30.6 Å². The number of nitrogens with two attached hydrogens (primary N) is 1. The molecule has 0 bridgehead atoms. The minimum Gasteiger partial charge on any atom is -0.494 e. The van der Waals surface area contributed by atoms with Crippen molar-refractivity contribution in [3.63, 3.8) is 0 Å². The lowest BCUT2D eigenvalue weighted by atomic mass is 10.2. The van der Waals surface area contributed by atoms with Gasteiger partial charge in [-0.25, -0.2) is 0 Å². The predicted molar refractivity (Wildman–Crippen MR) is 68.5 cm³/mol. The number of nitrogen functional groups attached to an aromatic ring is 1. The molecule has 17 heavy (non-hydrogen) atoms. The Kier molecular flexibility index (Phi) is 3.18. The van der Waals surface area contributed by atoms with Crippen molar-refractivity contribution in [2.75, 3.05) is 17.7 Å². The van der Waals surface area contributed by atoms with E-state index in [0.717, 1.165) is 17.1 Å². The Labute approximate surface area is 100 Å². The molecule has 0 spiro atoms. The highest BCUT2D eigenvalue weighted by Crippen LogP contribution is 2.25. The molecule has 90 valence electrons. The maximum atomic E-state index is 5.81. The van der Waals surface area contributed by atoms with E-state index in [1.165, 1.54) is 0 Å². The molecule has 0 saturated heterocycles. The number of aromatic nitrogens is 2. The lowest BCUT2D eigenvalue weighted by molar-refractivity contribution is 0.340. The standard InChI is InChI=1S/C12H16N4O/c1-3-17-12-5-9(13)4-10(6-12)15-11-7-14-16(2)8-11/h4-8,15H,3,13H2,1-2H3. The number of ether oxygens (including phenoxy) is 1. The maximum absolute atomic E-state index is 5.81. The molecule has 1 heterocycles. The summed E-state index contributed by atoms with van der Waals surface area (Å²) in [7, 11) is 1.87. The summed E-state index contributed by atoms with van der Waals surface area (Å²) in [4.78, 5) is 0. The van der Waals surface area contributed by atoms with Crippen LogP contribution in [0.15, 0.2) is 30.6 Å². The van der Waals surface area contributed by atoms with Crippen molar-refractivity contribution in [2.45, 2.75) is 6.92 Å². The lowest BCUT2D eigenvalue weighted by Crippen LogP contribution is -1.96. The summed E-state index contributed by atoms with van der Waals surface area (Å²) >= 11 is 0. The maximum Gasteiger partial charge on any atom is 0.123 e. The molecule has 5 nitrogen and oxygen atoms in total. The number of aryl methyl sites for hydroxylation is 1. The van der Waals surface area contributed by atoms with E-state index in [0.29, 0.717) is 12.3 Å². The van der Waals surface area contributed by atoms with Crippen molar-refractivity contribution in [1.82, 2.24) is 9.78 Å². The van der Waals surface area contributed by atoms with Crippen molar-refractivity contribution in [2.24, 2.45) is 7.05 Å². The molecular weight excluding hydrogens is 216 g/mol. The van der Waals surface area contributed by atoms with Gasteiger partial charge in [-0.1, -0.05) is 0 Å². The average Bonchev–Trinajstić information content (AvgIpc) is 2.63. The number of nitrogens with zero attached hydrogens (tertiary/aromatic N) is 2. The molecule has 2 aromatic rings. The summed E-state index contributed by atoms with van der Waals surface area (Å²) < 4.78 is 7.16. The zero-order valence-corrected chi connectivity index (χ0v) is 9.97. The molecule has 0 saturated carbocycles. The van der Waals surface area contributed by atoms with Gasteiger partial charge in [-0.3, -0.25) is 4.68 Å². The minimum atomic E-state index is 0.621. The lowest BCUT2D eigenvalue weighted by Gasteiger charge is -2.09. The van der Waals surface area contributed by atoms with Crippen LogP contribution in [0.1, 0.15) is 6.92 Å². The number of rotatable bonds is 4. The number of anilines is 3. The topological polar surface area (TPSA) is 65.1 Å². The Hall–Kier alpha value is -2.17. The predicted octanol–water partition coefficient (Wildman–Crippen LogP) is 2.14. The van der Waals surface area contributed by atoms with Gasteiger partial charge in [0.1, 0.15) is 5.75 Å². The van der Waals surface area contributed by atoms with Crippen LogP contribution in [0.3, 0.4) is 0 Å². The van der Waals surface area contributed by atoms with Crippen LogP contribution in [0.25, 0.3) is 0 Å². The Bertz CT molecular complexity index is 507. The Morgan fingerprint density at radius 3 is 2.82 bits per heavy atom. The van der Waals surface area contributed by atoms with Crippen LogP contribution in [-0.4, -0.2) is 16.4 Å². The van der Waals surface area contributed by atoms with Crippen molar-refractivity contribution in [1.29, 1.82) is 0 Å². The fourth-order valence-corrected chi connectivity index (χ4v) is 1.60. The van der Waals surface area contributed by atoms with E-state index in [4.69, 9.17) is 10.5 Å². The largest absolute Gasteiger partial charge is 0.494 e. The molecule has 5 heteroatoms. The van der Waals surface area contributed by atoms with E-state index >= 15 is 0 Å². The average molecular weight is 232 g/mol. The molecule has 0 unspecified atom stereocenters. The second-order valence-corrected chi connectivity index (χ2v) is 3.75. The van der Waals surface area contributed by atoms with Gasteiger partial charge in [-0.2, -0.15) is 5.10 Å². The molecule has 1 aromatic heterocycles. The van der Waals surface area contributed by atoms with Gasteiger partial charge in [0.05, 0.1) is 18.5 Å². The van der Waals surface area contributed by atoms with Gasteiger partial charge in [0.25, 0.3) is 0 Å². The fourth-order valence-electron chi connectivity index (χ4n) is 1.60. The molecule has 0 amide bonds. The minimum absolute atomic E-state index is 0.621. The van der Waals surface area contributed by atoms with E-state index in [1.807, 2.05) is 32.3 Å². The Morgan fingerprint density at radius 2 is 2.18 bits per heavy atom. The van der Waals surface area contributed by atoms with Crippen LogP contribution in [0.4, 0.5) is 17.1 Å². The summed E-state index contributed by atoms with van der Waals surface area (Å²) in [5.74, 6) is 0.763. The number of hydrogen-bond donors (Lipinski definition) is 2. The molecule has 0 radical (unpaired) electrons. The first-order valence-electron chi connectivity index (χ1n) is 5.46. The van der Waals surface area contributed by atoms with Crippen molar-refractivity contribution >= 4 is 17.1 Å². The fraction of sp³-hybridized carbons (Fsp3) is 0.250. The SMILES string of the molecule is CCOc1cc(N)cc(Nc2cnn(C)c2)c1. The summed E-state index contributed by atoms with van der Waals surface area (Å²) in [6.07, 6.45) is 3.65. The van der Waals surface area contributed by atoms with Crippen LogP contribution in [0, 0.1) is 0 Å². The van der Waals surface area contributed by atoms with Gasteiger partial charge in [0.15, 0.2) is 0 Å². The second-order valence-electron chi connectivity index (χ2n) is 3.75. The molecule has 0 fully saturated rings. The first-order chi connectivity index (χ1) is 8.17. The van der Waals surface area contributed by atoms with Crippen molar-refractivity contribution in [3.8, 4) is 5.75 Å². The number of hydrogen-bond acceptors (Lipinski definition) is 4. The van der Waals surface area contributed by atoms with Gasteiger partial charge in [-0.05, 0) is 13.0 Å². The number of nitrogens with one attached hydrogen (secondary N) is 1. The molecule has 0 aliphatic carbocycles. The third-order valence-electron chi connectivity index (χ3n) is 2.23. The monoisotopic (exact) mass is 232 g/mol. The van der Waals surface area contributed by atoms with E-state index in [9.17, 15) is 0 Å². The molecule has 0 aliphatic heterocycles. The molecule has 3 N–H and O–H groups in total. The highest BCUT2D eigenvalue weighted by atomic mass is 16.5. The summed E-state index contributed by atoms with van der Waals surface area (Å²) in [5, 5.41) is 7.31. The van der Waals surface area contributed by atoms with Gasteiger partial charge in [-0.15, -0.1) is 0 Å². The van der Waals surface area contributed by atoms with Gasteiger partial charge in [0, 0.05) is 36.8 Å². The van der Waals surface area contributed by atoms with E-state index < -0.39 is 0 Å². The Balaban J connectivity index is 2.20. The normalized spacial score (nSPS) is 10.2. The quantitative estimate of drug-likeness (QED) is 0.793. The highest BCUT2D eigenvalue weighted by Gasteiger charge is 2.01. The molecular formula is C12H16N4O. The van der Waals surface area contributed by atoms with Crippen LogP contribution in [0.2, 0.25) is 0 Å². The molecule has 0 atom stereocenters. The van der Waals surface area contributed by atoms with E-state index in [-0.39, 0.29) is 0 Å². The van der Waals surface area contributed by atoms with Gasteiger partial charge in [0.2, 0.25) is 0 Å². The van der Waals surface area contributed by atoms with Crippen LogP contribution >= 0.6 is 0 Å². The van der Waals surface area contributed by atoms with Crippen molar-refractivity contribution < 1.29 is 4.74 Å². The molecule has 2 rings (SSSR count). The van der Waals surface area contributed by atoms with E-state index in [1.54, 1.807) is 16.9 Å². The van der Waals surface area contributed by atoms with Gasteiger partial charge >= 0.3 is 0 Å². The smallest absolute Gasteiger partial charge is 0.123 e. The third-order valence-corrected chi connectivity index (χ3v) is 2.23. The zero-order valence-electron chi connectivity index (χ0n) is 9.97. The third kappa shape index (κ3) is 2.90. The Morgan fingerprint density at radius 1 is 1.35 bits per heavy atom. The van der Waals surface area contributed by atoms with Crippen LogP contribution in [0.5, 0.6) is 5.75 Å². The zero-order chi connectivity index (χ0) is 12.3. The second kappa shape index (κ2) is 4.78. The summed E-state index contributed by atoms with van der Waals surface area (Å²) in [5.41, 5.74) is 8.28. The highest BCUT2D eigenvalue weighted by molar-refractivity contribution is 5.65. The number of benzene rings is 1. The summed E-state index contributed by atoms with van der Waals surface area (Å²) in [6, 6.07) is 5.57. The molecule has 0 aliphatic rings. The van der Waals surface area contributed by atoms with Crippen LogP contribution in [-0.2, 0) is 7.05 Å². The summed E-state index contributed by atoms with van der Waals surface area (Å²) in [6.45, 7) is 2.56. The van der Waals surface area contributed by atoms with Gasteiger partial charge < -0.3 is 15.8 Å². The first-order valence-corrected chi connectivity index (χ1v) is 5.46. The van der Waals surface area contributed by atoms with Crippen LogP contribution < -0.4 is 15.8 Å². The first kappa shape index (κ1) is 11.3. The van der Waals surface area contributed by atoms with E-state index in [2.05, 4.69) is 10.4 Å². The molecule has 1 aromatic carbocycles.